The summed E-state index contributed by atoms with van der Waals surface area (Å²) in [5, 5.41) is 7.23. The number of hydrogen-bond donors (Lipinski definition) is 1. The van der Waals surface area contributed by atoms with Crippen LogP contribution in [0, 0.1) is 0 Å². The fourth-order valence-corrected chi connectivity index (χ4v) is 3.24. The van der Waals surface area contributed by atoms with E-state index in [1.54, 1.807) is 23.3 Å². The Morgan fingerprint density at radius 2 is 2.08 bits per heavy atom. The summed E-state index contributed by atoms with van der Waals surface area (Å²) in [6.45, 7) is 4.12. The highest BCUT2D eigenvalue weighted by Gasteiger charge is 2.18. The third-order valence-corrected chi connectivity index (χ3v) is 4.80. The lowest BCUT2D eigenvalue weighted by Gasteiger charge is -2.08. The van der Waals surface area contributed by atoms with Gasteiger partial charge in [-0.2, -0.15) is 16.9 Å². The lowest BCUT2D eigenvalue weighted by molar-refractivity contribution is 0.102. The van der Waals surface area contributed by atoms with Crippen molar-refractivity contribution < 1.29 is 4.79 Å². The predicted molar refractivity (Wildman–Crippen MR) is 105 cm³/mol. The van der Waals surface area contributed by atoms with E-state index in [1.807, 2.05) is 49.0 Å². The summed E-state index contributed by atoms with van der Waals surface area (Å²) in [5.74, 6) is 2.99. The highest BCUT2D eigenvalue weighted by atomic mass is 32.2. The van der Waals surface area contributed by atoms with Crippen molar-refractivity contribution in [1.82, 2.24) is 19.7 Å². The molecule has 3 heterocycles. The number of pyridine rings is 2. The summed E-state index contributed by atoms with van der Waals surface area (Å²) in [4.78, 5) is 21.3. The highest BCUT2D eigenvalue weighted by molar-refractivity contribution is 7.98. The Balaban J connectivity index is 1.81. The van der Waals surface area contributed by atoms with E-state index < -0.39 is 0 Å². The monoisotopic (exact) mass is 367 g/mol. The maximum absolute atomic E-state index is 12.7. The van der Waals surface area contributed by atoms with E-state index in [-0.39, 0.29) is 5.91 Å². The number of amides is 1. The zero-order chi connectivity index (χ0) is 18.4. The maximum atomic E-state index is 12.7. The van der Waals surface area contributed by atoms with Crippen molar-refractivity contribution in [2.24, 2.45) is 0 Å². The molecule has 1 amide bonds. The Hall–Kier alpha value is -2.67. The Labute approximate surface area is 157 Å². The first kappa shape index (κ1) is 18.1. The number of thioether (sulfide) groups is 1. The van der Waals surface area contributed by atoms with Crippen LogP contribution in [-0.2, 0) is 12.2 Å². The summed E-state index contributed by atoms with van der Waals surface area (Å²) in [7, 11) is 0. The average molecular weight is 367 g/mol. The molecule has 134 valence electrons. The summed E-state index contributed by atoms with van der Waals surface area (Å²) in [6, 6.07) is 9.49. The van der Waals surface area contributed by atoms with Gasteiger partial charge in [0.2, 0.25) is 0 Å². The average Bonchev–Trinajstić information content (AvgIpc) is 3.11. The van der Waals surface area contributed by atoms with Gasteiger partial charge in [0.05, 0.1) is 17.5 Å². The van der Waals surface area contributed by atoms with Gasteiger partial charge in [-0.15, -0.1) is 0 Å². The number of anilines is 1. The van der Waals surface area contributed by atoms with Crippen molar-refractivity contribution >= 4 is 23.5 Å². The Bertz CT molecular complexity index is 879. The first-order valence-corrected chi connectivity index (χ1v) is 9.70. The van der Waals surface area contributed by atoms with Gasteiger partial charge in [-0.25, -0.2) is 14.6 Å². The van der Waals surface area contributed by atoms with Crippen LogP contribution in [0.3, 0.4) is 0 Å². The van der Waals surface area contributed by atoms with Crippen molar-refractivity contribution in [1.29, 1.82) is 0 Å². The van der Waals surface area contributed by atoms with Crippen molar-refractivity contribution in [2.45, 2.75) is 26.0 Å². The number of carbonyl (C=O) groups is 1. The van der Waals surface area contributed by atoms with Gasteiger partial charge < -0.3 is 5.32 Å². The molecule has 0 fully saturated rings. The first-order valence-electron chi connectivity index (χ1n) is 8.55. The third kappa shape index (κ3) is 4.11. The summed E-state index contributed by atoms with van der Waals surface area (Å²) < 4.78 is 1.71. The molecule has 0 spiro atoms. The molecule has 0 aliphatic rings. The van der Waals surface area contributed by atoms with Crippen LogP contribution in [0.4, 0.5) is 5.82 Å². The highest BCUT2D eigenvalue weighted by Crippen LogP contribution is 2.18. The molecule has 0 saturated heterocycles. The Morgan fingerprint density at radius 1 is 1.19 bits per heavy atom. The van der Waals surface area contributed by atoms with E-state index in [0.29, 0.717) is 23.6 Å². The minimum atomic E-state index is -0.211. The molecule has 0 bridgehead atoms. The molecule has 0 aromatic carbocycles. The lowest BCUT2D eigenvalue weighted by atomic mass is 10.2. The SMILES string of the molecule is CCSCc1ccnc(NC(=O)c2cnn(-c3ccccn3)c2CC)c1. The van der Waals surface area contributed by atoms with Crippen LogP contribution in [-0.4, -0.2) is 31.4 Å². The molecular weight excluding hydrogens is 346 g/mol. The second-order valence-electron chi connectivity index (χ2n) is 5.60. The largest absolute Gasteiger partial charge is 0.306 e. The molecule has 26 heavy (non-hydrogen) atoms. The van der Waals surface area contributed by atoms with E-state index in [1.165, 1.54) is 0 Å². The van der Waals surface area contributed by atoms with E-state index in [4.69, 9.17) is 0 Å². The fourth-order valence-electron chi connectivity index (χ4n) is 2.62. The molecule has 0 aliphatic heterocycles. The molecule has 0 aliphatic carbocycles. The van der Waals surface area contributed by atoms with Gasteiger partial charge in [0.1, 0.15) is 5.82 Å². The standard InChI is InChI=1S/C19H21N5OS/c1-3-16-15(12-22-24(16)18-7-5-6-9-21-18)19(25)23-17-11-14(8-10-20-17)13-26-4-2/h5-12H,3-4,13H2,1-2H3,(H,20,23,25). The molecule has 0 atom stereocenters. The normalized spacial score (nSPS) is 10.7. The molecule has 0 unspecified atom stereocenters. The molecule has 1 N–H and O–H groups in total. The van der Waals surface area contributed by atoms with Crippen molar-refractivity contribution in [2.75, 3.05) is 11.1 Å². The van der Waals surface area contributed by atoms with Gasteiger partial charge in [0.25, 0.3) is 5.91 Å². The Morgan fingerprint density at radius 3 is 2.81 bits per heavy atom. The van der Waals surface area contributed by atoms with Crippen LogP contribution < -0.4 is 5.32 Å². The molecular formula is C19H21N5OS. The van der Waals surface area contributed by atoms with Crippen LogP contribution in [0.5, 0.6) is 0 Å². The molecule has 3 aromatic rings. The topological polar surface area (TPSA) is 72.7 Å². The molecule has 0 saturated carbocycles. The number of carbonyl (C=O) groups excluding carboxylic acids is 1. The van der Waals surface area contributed by atoms with Crippen LogP contribution in [0.2, 0.25) is 0 Å². The quantitative estimate of drug-likeness (QED) is 0.689. The van der Waals surface area contributed by atoms with E-state index in [9.17, 15) is 4.79 Å². The Kier molecular flexibility index (Phi) is 6.01. The molecule has 6 nitrogen and oxygen atoms in total. The number of hydrogen-bond acceptors (Lipinski definition) is 5. The molecule has 3 aromatic heterocycles. The van der Waals surface area contributed by atoms with Crippen LogP contribution in [0.15, 0.2) is 48.9 Å². The molecule has 3 rings (SSSR count). The first-order chi connectivity index (χ1) is 12.7. The van der Waals surface area contributed by atoms with E-state index >= 15 is 0 Å². The van der Waals surface area contributed by atoms with Crippen LogP contribution in [0.1, 0.15) is 35.5 Å². The van der Waals surface area contributed by atoms with Crippen LogP contribution >= 0.6 is 11.8 Å². The zero-order valence-electron chi connectivity index (χ0n) is 14.8. The van der Waals surface area contributed by atoms with Gasteiger partial charge in [-0.3, -0.25) is 4.79 Å². The summed E-state index contributed by atoms with van der Waals surface area (Å²) in [5.41, 5.74) is 2.49. The van der Waals surface area contributed by atoms with Gasteiger partial charge in [-0.1, -0.05) is 19.9 Å². The van der Waals surface area contributed by atoms with E-state index in [0.717, 1.165) is 22.8 Å². The fraction of sp³-hybridized carbons (Fsp3) is 0.263. The predicted octanol–water partition coefficient (Wildman–Crippen LogP) is 3.73. The minimum absolute atomic E-state index is 0.211. The summed E-state index contributed by atoms with van der Waals surface area (Å²) in [6.07, 6.45) is 5.68. The van der Waals surface area contributed by atoms with Gasteiger partial charge in [-0.05, 0) is 42.0 Å². The molecule has 0 radical (unpaired) electrons. The number of aromatic nitrogens is 4. The second kappa shape index (κ2) is 8.62. The second-order valence-corrected chi connectivity index (χ2v) is 6.87. The smallest absolute Gasteiger partial charge is 0.260 e. The lowest BCUT2D eigenvalue weighted by Crippen LogP contribution is -2.15. The molecule has 7 heteroatoms. The third-order valence-electron chi connectivity index (χ3n) is 3.85. The van der Waals surface area contributed by atoms with Crippen LogP contribution in [0.25, 0.3) is 5.82 Å². The zero-order valence-corrected chi connectivity index (χ0v) is 15.7. The number of nitrogens with zero attached hydrogens (tertiary/aromatic N) is 4. The van der Waals surface area contributed by atoms with Crippen molar-refractivity contribution in [3.8, 4) is 5.82 Å². The van der Waals surface area contributed by atoms with Gasteiger partial charge in [0, 0.05) is 18.1 Å². The van der Waals surface area contributed by atoms with Gasteiger partial charge in [0.15, 0.2) is 5.82 Å². The number of nitrogens with one attached hydrogen (secondary N) is 1. The minimum Gasteiger partial charge on any atom is -0.306 e. The number of rotatable bonds is 7. The van der Waals surface area contributed by atoms with Crippen molar-refractivity contribution in [3.05, 3.63) is 65.7 Å². The van der Waals surface area contributed by atoms with Crippen molar-refractivity contribution in [3.63, 3.8) is 0 Å². The maximum Gasteiger partial charge on any atom is 0.260 e. The van der Waals surface area contributed by atoms with Gasteiger partial charge >= 0.3 is 0 Å². The van der Waals surface area contributed by atoms with E-state index in [2.05, 4.69) is 27.3 Å². The summed E-state index contributed by atoms with van der Waals surface area (Å²) >= 11 is 1.83.